The molecule has 0 bridgehead atoms. The molecular weight excluding hydrogens is 318 g/mol. The van der Waals surface area contributed by atoms with E-state index in [0.29, 0.717) is 30.6 Å². The number of furan rings is 1. The average Bonchev–Trinajstić information content (AvgIpc) is 3.19. The SMILES string of the molecule is Cc1c(C(=O)NCCc2ccco2)cnn1C1CCS(=O)(=O)C1. The van der Waals surface area contributed by atoms with Gasteiger partial charge in [-0.1, -0.05) is 0 Å². The van der Waals surface area contributed by atoms with E-state index in [1.54, 1.807) is 23.9 Å². The summed E-state index contributed by atoms with van der Waals surface area (Å²) in [7, 11) is -2.98. The van der Waals surface area contributed by atoms with Crippen molar-refractivity contribution in [2.24, 2.45) is 0 Å². The van der Waals surface area contributed by atoms with Crippen LogP contribution in [0, 0.1) is 6.92 Å². The van der Waals surface area contributed by atoms with E-state index in [9.17, 15) is 13.2 Å². The van der Waals surface area contributed by atoms with Gasteiger partial charge in [0.1, 0.15) is 5.76 Å². The van der Waals surface area contributed by atoms with Crippen molar-refractivity contribution >= 4 is 15.7 Å². The van der Waals surface area contributed by atoms with Gasteiger partial charge in [-0.3, -0.25) is 9.48 Å². The molecule has 1 atom stereocenters. The van der Waals surface area contributed by atoms with E-state index in [0.717, 1.165) is 5.76 Å². The number of amides is 1. The summed E-state index contributed by atoms with van der Waals surface area (Å²) >= 11 is 0. The van der Waals surface area contributed by atoms with E-state index in [4.69, 9.17) is 4.42 Å². The third-order valence-electron chi connectivity index (χ3n) is 4.08. The van der Waals surface area contributed by atoms with Gasteiger partial charge in [0.15, 0.2) is 9.84 Å². The van der Waals surface area contributed by atoms with Crippen LogP contribution in [0.15, 0.2) is 29.0 Å². The number of hydrogen-bond acceptors (Lipinski definition) is 5. The zero-order chi connectivity index (χ0) is 16.4. The fourth-order valence-corrected chi connectivity index (χ4v) is 4.52. The van der Waals surface area contributed by atoms with Crippen LogP contribution < -0.4 is 5.32 Å². The Balaban J connectivity index is 1.63. The lowest BCUT2D eigenvalue weighted by molar-refractivity contribution is 0.0953. The second-order valence-electron chi connectivity index (χ2n) is 5.73. The summed E-state index contributed by atoms with van der Waals surface area (Å²) in [6, 6.07) is 3.49. The van der Waals surface area contributed by atoms with Gasteiger partial charge < -0.3 is 9.73 Å². The first kappa shape index (κ1) is 15.8. The third-order valence-corrected chi connectivity index (χ3v) is 5.83. The minimum atomic E-state index is -2.98. The molecule has 8 heteroatoms. The zero-order valence-electron chi connectivity index (χ0n) is 12.9. The lowest BCUT2D eigenvalue weighted by atomic mass is 10.2. The first-order valence-corrected chi connectivity index (χ1v) is 9.33. The molecule has 1 saturated heterocycles. The van der Waals surface area contributed by atoms with Crippen LogP contribution in [0.3, 0.4) is 0 Å². The molecule has 2 aromatic rings. The van der Waals surface area contributed by atoms with E-state index in [1.165, 1.54) is 6.20 Å². The molecule has 0 radical (unpaired) electrons. The first-order chi connectivity index (χ1) is 11.0. The highest BCUT2D eigenvalue weighted by molar-refractivity contribution is 7.91. The summed E-state index contributed by atoms with van der Waals surface area (Å²) in [6.45, 7) is 2.26. The molecule has 1 N–H and O–H groups in total. The number of nitrogens with zero attached hydrogens (tertiary/aromatic N) is 2. The number of sulfone groups is 1. The molecule has 0 saturated carbocycles. The molecule has 3 heterocycles. The Hall–Kier alpha value is -2.09. The monoisotopic (exact) mass is 337 g/mol. The molecule has 1 unspecified atom stereocenters. The van der Waals surface area contributed by atoms with Crippen molar-refractivity contribution < 1.29 is 17.6 Å². The van der Waals surface area contributed by atoms with E-state index in [-0.39, 0.29) is 23.5 Å². The molecular formula is C15H19N3O4S. The van der Waals surface area contributed by atoms with Crippen molar-refractivity contribution in [1.82, 2.24) is 15.1 Å². The van der Waals surface area contributed by atoms with Gasteiger partial charge in [-0.2, -0.15) is 5.10 Å². The first-order valence-electron chi connectivity index (χ1n) is 7.51. The Bertz CT molecular complexity index is 793. The lowest BCUT2D eigenvalue weighted by Crippen LogP contribution is -2.26. The van der Waals surface area contributed by atoms with Crippen molar-refractivity contribution in [3.63, 3.8) is 0 Å². The molecule has 1 amide bonds. The number of carbonyl (C=O) groups excluding carboxylic acids is 1. The van der Waals surface area contributed by atoms with Crippen LogP contribution in [0.5, 0.6) is 0 Å². The molecule has 0 aromatic carbocycles. The Kier molecular flexibility index (Phi) is 4.25. The predicted octanol–water partition coefficient (Wildman–Crippen LogP) is 1.12. The summed E-state index contributed by atoms with van der Waals surface area (Å²) in [5.74, 6) is 0.881. The summed E-state index contributed by atoms with van der Waals surface area (Å²) < 4.78 is 30.1. The van der Waals surface area contributed by atoms with Crippen LogP contribution in [0.25, 0.3) is 0 Å². The standard InChI is InChI=1S/C15H19N3O4S/c1-11-14(15(19)16-6-4-13-3-2-7-22-13)9-17-18(11)12-5-8-23(20,21)10-12/h2-3,7,9,12H,4-6,8,10H2,1H3,(H,16,19). The highest BCUT2D eigenvalue weighted by Crippen LogP contribution is 2.25. The Morgan fingerprint density at radius 1 is 1.52 bits per heavy atom. The maximum Gasteiger partial charge on any atom is 0.254 e. The molecule has 124 valence electrons. The van der Waals surface area contributed by atoms with Crippen molar-refractivity contribution in [1.29, 1.82) is 0 Å². The maximum absolute atomic E-state index is 12.2. The second-order valence-corrected chi connectivity index (χ2v) is 7.96. The van der Waals surface area contributed by atoms with Gasteiger partial charge in [0.2, 0.25) is 0 Å². The Labute approximate surface area is 134 Å². The van der Waals surface area contributed by atoms with Gasteiger partial charge in [-0.15, -0.1) is 0 Å². The number of aromatic nitrogens is 2. The fraction of sp³-hybridized carbons (Fsp3) is 0.467. The van der Waals surface area contributed by atoms with E-state index >= 15 is 0 Å². The third kappa shape index (κ3) is 3.47. The van der Waals surface area contributed by atoms with Crippen LogP contribution in [0.2, 0.25) is 0 Å². The van der Waals surface area contributed by atoms with E-state index in [1.807, 2.05) is 6.07 Å². The summed E-state index contributed by atoms with van der Waals surface area (Å²) in [4.78, 5) is 12.2. The maximum atomic E-state index is 12.2. The second kappa shape index (κ2) is 6.19. The minimum absolute atomic E-state index is 0.0923. The zero-order valence-corrected chi connectivity index (χ0v) is 13.7. The van der Waals surface area contributed by atoms with Crippen molar-refractivity contribution in [3.8, 4) is 0 Å². The summed E-state index contributed by atoms with van der Waals surface area (Å²) in [5, 5.41) is 7.04. The summed E-state index contributed by atoms with van der Waals surface area (Å²) in [5.41, 5.74) is 1.18. The summed E-state index contributed by atoms with van der Waals surface area (Å²) in [6.07, 6.45) is 4.26. The topological polar surface area (TPSA) is 94.2 Å². The fourth-order valence-electron chi connectivity index (χ4n) is 2.83. The van der Waals surface area contributed by atoms with Crippen LogP contribution in [0.4, 0.5) is 0 Å². The lowest BCUT2D eigenvalue weighted by Gasteiger charge is -2.11. The molecule has 0 spiro atoms. The largest absolute Gasteiger partial charge is 0.469 e. The molecule has 3 rings (SSSR count). The Morgan fingerprint density at radius 2 is 2.35 bits per heavy atom. The van der Waals surface area contributed by atoms with E-state index < -0.39 is 9.84 Å². The highest BCUT2D eigenvalue weighted by atomic mass is 32.2. The minimum Gasteiger partial charge on any atom is -0.469 e. The normalized spacial score (nSPS) is 19.8. The van der Waals surface area contributed by atoms with Crippen molar-refractivity contribution in [3.05, 3.63) is 41.6 Å². The molecule has 2 aromatic heterocycles. The number of hydrogen-bond donors (Lipinski definition) is 1. The molecule has 23 heavy (non-hydrogen) atoms. The highest BCUT2D eigenvalue weighted by Gasteiger charge is 2.31. The number of rotatable bonds is 5. The smallest absolute Gasteiger partial charge is 0.254 e. The molecule has 1 aliphatic heterocycles. The van der Waals surface area contributed by atoms with Crippen LogP contribution >= 0.6 is 0 Å². The van der Waals surface area contributed by atoms with Gasteiger partial charge >= 0.3 is 0 Å². The van der Waals surface area contributed by atoms with Gasteiger partial charge in [0, 0.05) is 18.7 Å². The molecule has 1 fully saturated rings. The van der Waals surface area contributed by atoms with Crippen molar-refractivity contribution in [2.75, 3.05) is 18.1 Å². The van der Waals surface area contributed by atoms with Gasteiger partial charge in [0.25, 0.3) is 5.91 Å². The van der Waals surface area contributed by atoms with Crippen LogP contribution in [0.1, 0.15) is 34.3 Å². The van der Waals surface area contributed by atoms with Crippen LogP contribution in [-0.2, 0) is 16.3 Å². The Morgan fingerprint density at radius 3 is 3.00 bits per heavy atom. The molecule has 0 aliphatic carbocycles. The quantitative estimate of drug-likeness (QED) is 0.882. The predicted molar refractivity (Wildman–Crippen MR) is 84.0 cm³/mol. The molecule has 7 nitrogen and oxygen atoms in total. The van der Waals surface area contributed by atoms with E-state index in [2.05, 4.69) is 10.4 Å². The average molecular weight is 337 g/mol. The van der Waals surface area contributed by atoms with Gasteiger partial charge in [0.05, 0.1) is 35.6 Å². The number of carbonyl (C=O) groups is 1. The van der Waals surface area contributed by atoms with Gasteiger partial charge in [-0.25, -0.2) is 8.42 Å². The van der Waals surface area contributed by atoms with Crippen molar-refractivity contribution in [2.45, 2.75) is 25.8 Å². The molecule has 1 aliphatic rings. The van der Waals surface area contributed by atoms with Crippen LogP contribution in [-0.4, -0.2) is 42.2 Å². The van der Waals surface area contributed by atoms with Gasteiger partial charge in [-0.05, 0) is 25.5 Å². The number of nitrogens with one attached hydrogen (secondary N) is 1.